The van der Waals surface area contributed by atoms with Crippen LogP contribution < -0.4 is 0 Å². The predicted molar refractivity (Wildman–Crippen MR) is 192 cm³/mol. The van der Waals surface area contributed by atoms with Gasteiger partial charge in [0.25, 0.3) is 0 Å². The van der Waals surface area contributed by atoms with Gasteiger partial charge in [-0.25, -0.2) is 24.7 Å². The minimum absolute atomic E-state index is 0.0726. The lowest BCUT2D eigenvalue weighted by Crippen LogP contribution is -2.04. The van der Waals surface area contributed by atoms with E-state index in [2.05, 4.69) is 67.5 Å². The van der Waals surface area contributed by atoms with Crippen molar-refractivity contribution in [1.29, 1.82) is 5.26 Å². The zero-order chi connectivity index (χ0) is 33.9. The summed E-state index contributed by atoms with van der Waals surface area (Å²) >= 11 is 3.16. The van der Waals surface area contributed by atoms with E-state index in [9.17, 15) is 15.2 Å². The van der Waals surface area contributed by atoms with Crippen molar-refractivity contribution in [3.8, 4) is 28.6 Å². The fourth-order valence-electron chi connectivity index (χ4n) is 5.68. The summed E-state index contributed by atoms with van der Waals surface area (Å²) in [7, 11) is 3.70. The molecule has 240 valence electrons. The second kappa shape index (κ2) is 13.6. The normalized spacial score (nSPS) is 11.0. The quantitative estimate of drug-likeness (QED) is 0.182. The Bertz CT molecular complexity index is 2440. The number of nitrogens with zero attached hydrogens (tertiary/aromatic N) is 8. The Labute approximate surface area is 289 Å². The monoisotopic (exact) mass is 680 g/mol. The molecule has 0 atom stereocenters. The van der Waals surface area contributed by atoms with E-state index in [4.69, 9.17) is 0 Å². The van der Waals surface area contributed by atoms with Crippen LogP contribution in [-0.4, -0.2) is 45.4 Å². The summed E-state index contributed by atoms with van der Waals surface area (Å²) in [6.07, 6.45) is 5.10. The van der Waals surface area contributed by atoms with Crippen LogP contribution in [0.4, 0.5) is 0 Å². The molecular formula is C37H28N8O2S2. The first-order valence-corrected chi connectivity index (χ1v) is 17.1. The van der Waals surface area contributed by atoms with Gasteiger partial charge in [-0.3, -0.25) is 4.68 Å². The number of pyridine rings is 2. The Morgan fingerprint density at radius 2 is 1.39 bits per heavy atom. The first-order valence-electron chi connectivity index (χ1n) is 15.2. The van der Waals surface area contributed by atoms with E-state index < -0.39 is 5.97 Å². The van der Waals surface area contributed by atoms with Crippen LogP contribution in [0.15, 0.2) is 101 Å². The van der Waals surface area contributed by atoms with E-state index in [-0.39, 0.29) is 5.69 Å². The summed E-state index contributed by atoms with van der Waals surface area (Å²) in [5.41, 5.74) is 14.0. The number of nitriles is 1. The SMILES string of the molecule is Cn1ccc2c(Cc3ccc(-c4cscn4)cc3)cc(C(=O)O)nc21.Cn1ncc2c(Cc3ccc(-c4cscn4)cc3)cc(C#N)nc21. The van der Waals surface area contributed by atoms with E-state index in [0.29, 0.717) is 17.8 Å². The molecule has 1 N–H and O–H groups in total. The average Bonchev–Trinajstić information content (AvgIpc) is 3.95. The van der Waals surface area contributed by atoms with Crippen LogP contribution in [0.3, 0.4) is 0 Å². The third-order valence-corrected chi connectivity index (χ3v) is 9.37. The third-order valence-electron chi connectivity index (χ3n) is 8.20. The Balaban J connectivity index is 0.000000154. The van der Waals surface area contributed by atoms with E-state index in [1.807, 2.05) is 77.1 Å². The lowest BCUT2D eigenvalue weighted by atomic mass is 10.0. The Kier molecular flexibility index (Phi) is 8.76. The number of benzene rings is 2. The van der Waals surface area contributed by atoms with Crippen molar-refractivity contribution in [2.24, 2.45) is 14.1 Å². The molecule has 0 aliphatic carbocycles. The molecule has 0 saturated heterocycles. The average molecular weight is 681 g/mol. The number of carboxylic acids is 1. The number of fused-ring (bicyclic) bond motifs is 2. The maximum Gasteiger partial charge on any atom is 0.354 e. The molecule has 0 unspecified atom stereocenters. The fraction of sp³-hybridized carbons (Fsp3) is 0.108. The molecule has 0 aliphatic rings. The lowest BCUT2D eigenvalue weighted by molar-refractivity contribution is 0.0690. The molecule has 10 nitrogen and oxygen atoms in total. The van der Waals surface area contributed by atoms with Gasteiger partial charge in [0.15, 0.2) is 11.3 Å². The number of aromatic nitrogens is 7. The number of carboxylic acid groups (broad SMARTS) is 1. The third kappa shape index (κ3) is 6.71. The van der Waals surface area contributed by atoms with Crippen molar-refractivity contribution in [1.82, 2.24) is 34.3 Å². The zero-order valence-electron chi connectivity index (χ0n) is 26.5. The number of aryl methyl sites for hydroxylation is 2. The summed E-state index contributed by atoms with van der Waals surface area (Å²) in [4.78, 5) is 28.6. The van der Waals surface area contributed by atoms with E-state index in [1.165, 1.54) is 5.56 Å². The smallest absolute Gasteiger partial charge is 0.354 e. The van der Waals surface area contributed by atoms with Gasteiger partial charge in [-0.05, 0) is 53.3 Å². The first kappa shape index (κ1) is 31.6. The number of rotatable bonds is 7. The molecule has 49 heavy (non-hydrogen) atoms. The van der Waals surface area contributed by atoms with Crippen molar-refractivity contribution < 1.29 is 9.90 Å². The fourth-order valence-corrected chi connectivity index (χ4v) is 6.80. The Morgan fingerprint density at radius 1 is 0.796 bits per heavy atom. The second-order valence-electron chi connectivity index (χ2n) is 11.4. The van der Waals surface area contributed by atoms with Gasteiger partial charge < -0.3 is 9.67 Å². The maximum absolute atomic E-state index is 11.4. The van der Waals surface area contributed by atoms with Crippen LogP contribution in [0.25, 0.3) is 44.6 Å². The zero-order valence-corrected chi connectivity index (χ0v) is 28.1. The van der Waals surface area contributed by atoms with Crippen molar-refractivity contribution in [3.63, 3.8) is 0 Å². The van der Waals surface area contributed by atoms with Gasteiger partial charge in [0, 0.05) is 53.0 Å². The molecular weight excluding hydrogens is 653 g/mol. The number of hydrogen-bond acceptors (Lipinski definition) is 9. The van der Waals surface area contributed by atoms with Crippen molar-refractivity contribution in [2.75, 3.05) is 0 Å². The second-order valence-corrected chi connectivity index (χ2v) is 12.9. The van der Waals surface area contributed by atoms with Crippen molar-refractivity contribution >= 4 is 50.7 Å². The Hall–Kier alpha value is -6.03. The predicted octanol–water partition coefficient (Wildman–Crippen LogP) is 7.54. The minimum atomic E-state index is -1.01. The highest BCUT2D eigenvalue weighted by Gasteiger charge is 2.14. The lowest BCUT2D eigenvalue weighted by Gasteiger charge is -2.07. The van der Waals surface area contributed by atoms with Crippen LogP contribution >= 0.6 is 22.7 Å². The topological polar surface area (TPSA) is 135 Å². The highest BCUT2D eigenvalue weighted by molar-refractivity contribution is 7.08. The number of thiazole rings is 2. The molecule has 6 heterocycles. The van der Waals surface area contributed by atoms with E-state index >= 15 is 0 Å². The maximum atomic E-state index is 11.4. The molecule has 0 amide bonds. The molecule has 0 radical (unpaired) electrons. The summed E-state index contributed by atoms with van der Waals surface area (Å²) in [5, 5.41) is 28.8. The van der Waals surface area contributed by atoms with E-state index in [1.54, 1.807) is 33.4 Å². The van der Waals surface area contributed by atoms with Crippen LogP contribution in [0.2, 0.25) is 0 Å². The molecule has 0 bridgehead atoms. The summed E-state index contributed by atoms with van der Waals surface area (Å²) in [6.45, 7) is 0. The molecule has 8 aromatic rings. The molecule has 0 saturated carbocycles. The molecule has 2 aromatic carbocycles. The standard InChI is InChI=1S/C19H15N3O2S.C18H13N5S/c1-22-7-6-15-14(9-16(19(23)24)21-18(15)22)8-12-2-4-13(5-3-12)17-10-25-11-20-17;1-23-18-16(9-21-23)14(7-15(8-19)22-18)6-12-2-4-13(5-3-12)17-10-24-11-20-17/h2-7,9-11H,8H2,1H3,(H,23,24);2-5,7,9-11H,6H2,1H3. The summed E-state index contributed by atoms with van der Waals surface area (Å²) < 4.78 is 3.54. The Morgan fingerprint density at radius 3 is 1.92 bits per heavy atom. The van der Waals surface area contributed by atoms with Crippen LogP contribution in [0, 0.1) is 11.3 Å². The minimum Gasteiger partial charge on any atom is -0.477 e. The van der Waals surface area contributed by atoms with Gasteiger partial charge in [-0.15, -0.1) is 22.7 Å². The summed E-state index contributed by atoms with van der Waals surface area (Å²) in [6, 6.07) is 24.2. The highest BCUT2D eigenvalue weighted by Crippen LogP contribution is 2.26. The number of carbonyl (C=O) groups is 1. The van der Waals surface area contributed by atoms with Gasteiger partial charge in [0.05, 0.1) is 28.6 Å². The largest absolute Gasteiger partial charge is 0.477 e. The van der Waals surface area contributed by atoms with Gasteiger partial charge >= 0.3 is 5.97 Å². The van der Waals surface area contributed by atoms with E-state index in [0.717, 1.165) is 62.0 Å². The van der Waals surface area contributed by atoms with Crippen molar-refractivity contribution in [2.45, 2.75) is 12.8 Å². The number of hydrogen-bond donors (Lipinski definition) is 1. The van der Waals surface area contributed by atoms with Gasteiger partial charge in [-0.1, -0.05) is 48.5 Å². The molecule has 0 fully saturated rings. The van der Waals surface area contributed by atoms with Crippen LogP contribution in [-0.2, 0) is 26.9 Å². The van der Waals surface area contributed by atoms with Gasteiger partial charge in [-0.2, -0.15) is 10.4 Å². The molecule has 6 aromatic heterocycles. The summed E-state index contributed by atoms with van der Waals surface area (Å²) in [5.74, 6) is -1.01. The number of aromatic carboxylic acids is 1. The van der Waals surface area contributed by atoms with Crippen molar-refractivity contribution in [3.05, 3.63) is 135 Å². The van der Waals surface area contributed by atoms with Crippen LogP contribution in [0.5, 0.6) is 0 Å². The van der Waals surface area contributed by atoms with Crippen LogP contribution in [0.1, 0.15) is 38.4 Å². The van der Waals surface area contributed by atoms with Gasteiger partial charge in [0.2, 0.25) is 0 Å². The first-order chi connectivity index (χ1) is 23.9. The van der Waals surface area contributed by atoms with Gasteiger partial charge in [0.1, 0.15) is 17.4 Å². The molecule has 12 heteroatoms. The molecule has 0 spiro atoms. The highest BCUT2D eigenvalue weighted by atomic mass is 32.1. The molecule has 0 aliphatic heterocycles. The molecule has 8 rings (SSSR count).